The Morgan fingerprint density at radius 2 is 1.54 bits per heavy atom. The van der Waals surface area contributed by atoms with Gasteiger partial charge in [0.1, 0.15) is 0 Å². The van der Waals surface area contributed by atoms with E-state index in [1.807, 2.05) is 44.4 Å². The predicted molar refractivity (Wildman–Crippen MR) is 198 cm³/mol. The van der Waals surface area contributed by atoms with Gasteiger partial charge in [0, 0.05) is 86.6 Å². The molecule has 0 spiro atoms. The van der Waals surface area contributed by atoms with Crippen molar-refractivity contribution < 1.29 is 13.2 Å². The molecule has 0 radical (unpaired) electrons. The van der Waals surface area contributed by atoms with Gasteiger partial charge in [-0.05, 0) is 86.1 Å². The summed E-state index contributed by atoms with van der Waals surface area (Å²) in [6.07, 6.45) is 5.24. The summed E-state index contributed by atoms with van der Waals surface area (Å²) in [6.45, 7) is 8.48. The maximum atomic E-state index is 14.0. The molecule has 0 N–H and O–H groups in total. The number of likely N-dealkylation sites (N-methyl/N-ethyl adjacent to an activating group) is 1. The fourth-order valence-corrected chi connectivity index (χ4v) is 7.91. The Hall–Kier alpha value is -5.26. The quantitative estimate of drug-likeness (QED) is 0.194. The lowest BCUT2D eigenvalue weighted by Gasteiger charge is -2.35. The molecule has 7 rings (SSSR count). The largest absolute Gasteiger partial charge is 0.369 e. The molecule has 0 atom stereocenters. The van der Waals surface area contributed by atoms with Gasteiger partial charge in [0.25, 0.3) is 15.9 Å². The van der Waals surface area contributed by atoms with Crippen molar-refractivity contribution in [1.82, 2.24) is 28.5 Å². The predicted octanol–water partition coefficient (Wildman–Crippen LogP) is 5.98. The molecule has 0 bridgehead atoms. The molecule has 10 nitrogen and oxygen atoms in total. The van der Waals surface area contributed by atoms with Gasteiger partial charge in [-0.3, -0.25) is 9.48 Å². The molecule has 50 heavy (non-hydrogen) atoms. The first-order valence-corrected chi connectivity index (χ1v) is 18.1. The lowest BCUT2D eigenvalue weighted by molar-refractivity contribution is 0.0783. The number of carbonyl (C=O) groups is 1. The van der Waals surface area contributed by atoms with E-state index >= 15 is 0 Å². The average Bonchev–Trinajstić information content (AvgIpc) is 3.71. The molecule has 3 aromatic heterocycles. The zero-order valence-electron chi connectivity index (χ0n) is 29.0. The number of anilines is 1. The van der Waals surface area contributed by atoms with Crippen LogP contribution in [0.4, 0.5) is 5.69 Å². The van der Waals surface area contributed by atoms with E-state index in [1.54, 1.807) is 65.4 Å². The van der Waals surface area contributed by atoms with E-state index in [1.165, 1.54) is 15.2 Å². The molecule has 6 aromatic rings. The summed E-state index contributed by atoms with van der Waals surface area (Å²) >= 11 is 0. The molecule has 1 aliphatic rings. The third kappa shape index (κ3) is 6.41. The molecule has 1 fully saturated rings. The number of nitrogens with zero attached hydrogens (tertiary/aromatic N) is 7. The number of fused-ring (bicyclic) bond motifs is 1. The minimum Gasteiger partial charge on any atom is -0.369 e. The number of piperazine rings is 1. The number of amides is 1. The number of pyridine rings is 1. The van der Waals surface area contributed by atoms with Crippen molar-refractivity contribution in [3.05, 3.63) is 120 Å². The normalized spacial score (nSPS) is 14.0. The first-order chi connectivity index (χ1) is 24.0. The Balaban J connectivity index is 1.27. The number of aryl methyl sites for hydroxylation is 3. The van der Waals surface area contributed by atoms with Crippen molar-refractivity contribution in [1.29, 1.82) is 0 Å². The maximum Gasteiger partial charge on any atom is 0.269 e. The molecule has 1 saturated heterocycles. The van der Waals surface area contributed by atoms with Gasteiger partial charge in [-0.2, -0.15) is 5.10 Å². The highest BCUT2D eigenvalue weighted by molar-refractivity contribution is 7.90. The van der Waals surface area contributed by atoms with Crippen LogP contribution in [0.5, 0.6) is 0 Å². The topological polar surface area (TPSA) is 96.6 Å². The highest BCUT2D eigenvalue weighted by Crippen LogP contribution is 2.36. The van der Waals surface area contributed by atoms with Crippen molar-refractivity contribution >= 4 is 32.7 Å². The lowest BCUT2D eigenvalue weighted by atomic mass is 9.99. The van der Waals surface area contributed by atoms with Crippen molar-refractivity contribution in [2.24, 2.45) is 7.05 Å². The summed E-state index contributed by atoms with van der Waals surface area (Å²) < 4.78 is 31.1. The van der Waals surface area contributed by atoms with Crippen LogP contribution in [0.1, 0.15) is 27.2 Å². The highest BCUT2D eigenvalue weighted by atomic mass is 32.2. The lowest BCUT2D eigenvalue weighted by Crippen LogP contribution is -2.44. The summed E-state index contributed by atoms with van der Waals surface area (Å²) in [6, 6.07) is 24.5. The van der Waals surface area contributed by atoms with Crippen LogP contribution in [0.15, 0.2) is 102 Å². The van der Waals surface area contributed by atoms with Crippen LogP contribution in [0.25, 0.3) is 33.3 Å². The highest BCUT2D eigenvalue weighted by Gasteiger charge is 2.24. The summed E-state index contributed by atoms with van der Waals surface area (Å²) in [7, 11) is 1.79. The molecule has 1 amide bonds. The van der Waals surface area contributed by atoms with E-state index in [9.17, 15) is 13.2 Å². The number of rotatable bonds is 8. The Bertz CT molecular complexity index is 2300. The van der Waals surface area contributed by atoms with Gasteiger partial charge >= 0.3 is 0 Å². The van der Waals surface area contributed by atoms with Crippen LogP contribution in [0, 0.1) is 13.8 Å². The van der Waals surface area contributed by atoms with Crippen LogP contribution in [-0.2, 0) is 23.6 Å². The molecule has 256 valence electrons. The van der Waals surface area contributed by atoms with Gasteiger partial charge in [-0.15, -0.1) is 0 Å². The van der Waals surface area contributed by atoms with Gasteiger partial charge in [0.2, 0.25) is 0 Å². The minimum absolute atomic E-state index is 0.133. The van der Waals surface area contributed by atoms with Crippen LogP contribution < -0.4 is 4.90 Å². The molecule has 1 aliphatic heterocycles. The summed E-state index contributed by atoms with van der Waals surface area (Å²) in [5, 5.41) is 5.08. The second kappa shape index (κ2) is 13.2. The van der Waals surface area contributed by atoms with E-state index in [2.05, 4.69) is 47.1 Å². The maximum absolute atomic E-state index is 14.0. The number of hydrogen-bond donors (Lipinski definition) is 0. The molecule has 11 heteroatoms. The van der Waals surface area contributed by atoms with Gasteiger partial charge in [0.05, 0.1) is 17.1 Å². The minimum atomic E-state index is -3.96. The third-order valence-electron chi connectivity index (χ3n) is 9.52. The van der Waals surface area contributed by atoms with Gasteiger partial charge in [-0.1, -0.05) is 35.9 Å². The molecular weight excluding hydrogens is 647 g/mol. The Morgan fingerprint density at radius 3 is 2.20 bits per heavy atom. The van der Waals surface area contributed by atoms with Crippen LogP contribution in [-0.4, -0.2) is 83.1 Å². The average molecular weight is 688 g/mol. The number of hydrogen-bond acceptors (Lipinski definition) is 7. The molecular formula is C39H41N7O3S. The van der Waals surface area contributed by atoms with Crippen molar-refractivity contribution in [2.75, 3.05) is 45.2 Å². The second-order valence-corrected chi connectivity index (χ2v) is 15.1. The van der Waals surface area contributed by atoms with Gasteiger partial charge in [-0.25, -0.2) is 17.4 Å². The standard InChI is InChI=1S/C39H41N7O3S/c1-27-6-13-34(14-7-27)50(48,49)46-26-36(29-8-10-30(11-9-29)39(47)43(4)25-33-16-17-44(5)41-33)35-23-32(24-40-38(35)46)31-12-15-37(28(2)22-31)45-20-18-42(3)19-21-45/h6-17,22-24,26H,18-21,25H2,1-5H3. The van der Waals surface area contributed by atoms with E-state index in [4.69, 9.17) is 4.98 Å². The Morgan fingerprint density at radius 1 is 0.840 bits per heavy atom. The fourth-order valence-electron chi connectivity index (χ4n) is 6.59. The first-order valence-electron chi connectivity index (χ1n) is 16.7. The summed E-state index contributed by atoms with van der Waals surface area (Å²) in [5.74, 6) is -0.133. The molecule has 4 heterocycles. The fraction of sp³-hybridized carbons (Fsp3) is 0.256. The van der Waals surface area contributed by atoms with E-state index in [0.717, 1.165) is 54.1 Å². The van der Waals surface area contributed by atoms with Crippen molar-refractivity contribution in [3.63, 3.8) is 0 Å². The molecule has 0 unspecified atom stereocenters. The van der Waals surface area contributed by atoms with E-state index in [-0.39, 0.29) is 10.8 Å². The third-order valence-corrected chi connectivity index (χ3v) is 11.2. The Kier molecular flexibility index (Phi) is 8.79. The zero-order valence-corrected chi connectivity index (χ0v) is 29.9. The smallest absolute Gasteiger partial charge is 0.269 e. The Labute approximate surface area is 293 Å². The second-order valence-electron chi connectivity index (χ2n) is 13.3. The number of aromatic nitrogens is 4. The number of benzene rings is 3. The van der Waals surface area contributed by atoms with Crippen LogP contribution >= 0.6 is 0 Å². The van der Waals surface area contributed by atoms with Crippen LogP contribution in [0.2, 0.25) is 0 Å². The van der Waals surface area contributed by atoms with Crippen molar-refractivity contribution in [2.45, 2.75) is 25.3 Å². The van der Waals surface area contributed by atoms with Gasteiger partial charge < -0.3 is 14.7 Å². The summed E-state index contributed by atoms with van der Waals surface area (Å²) in [4.78, 5) is 24.7. The zero-order chi connectivity index (χ0) is 35.2. The van der Waals surface area contributed by atoms with E-state index in [0.29, 0.717) is 28.7 Å². The SMILES string of the molecule is Cc1ccc(S(=O)(=O)n2cc(-c3ccc(C(=O)N(C)Cc4ccn(C)n4)cc3)c3cc(-c4ccc(N5CCN(C)CC5)c(C)c4)cnc32)cc1. The molecule has 0 aliphatic carbocycles. The summed E-state index contributed by atoms with van der Waals surface area (Å²) in [5.41, 5.74) is 8.42. The number of carbonyl (C=O) groups excluding carboxylic acids is 1. The molecule has 0 saturated carbocycles. The van der Waals surface area contributed by atoms with Gasteiger partial charge in [0.15, 0.2) is 5.65 Å². The monoisotopic (exact) mass is 687 g/mol. The first kappa shape index (κ1) is 33.2. The van der Waals surface area contributed by atoms with E-state index < -0.39 is 10.0 Å². The molecule has 3 aromatic carbocycles. The van der Waals surface area contributed by atoms with Crippen LogP contribution in [0.3, 0.4) is 0 Å². The van der Waals surface area contributed by atoms with Crippen molar-refractivity contribution in [3.8, 4) is 22.3 Å².